The lowest BCUT2D eigenvalue weighted by atomic mass is 10.1. The van der Waals surface area contributed by atoms with E-state index in [1.165, 1.54) is 0 Å². The van der Waals surface area contributed by atoms with Crippen LogP contribution in [0.15, 0.2) is 27.8 Å². The SMILES string of the molecule is Cc1cc(-c2n[nH]c(S(N)(=O)=O)n2)ccc1Br. The molecule has 0 fully saturated rings. The minimum atomic E-state index is -3.85. The predicted molar refractivity (Wildman–Crippen MR) is 65.6 cm³/mol. The monoisotopic (exact) mass is 316 g/mol. The summed E-state index contributed by atoms with van der Waals surface area (Å²) in [4.78, 5) is 3.83. The van der Waals surface area contributed by atoms with Crippen molar-refractivity contribution < 1.29 is 8.42 Å². The first-order chi connectivity index (χ1) is 7.88. The molecule has 0 aliphatic rings. The molecule has 0 aliphatic heterocycles. The maximum Gasteiger partial charge on any atom is 0.273 e. The highest BCUT2D eigenvalue weighted by Gasteiger charge is 2.15. The molecule has 3 N–H and O–H groups in total. The number of benzene rings is 1. The first-order valence-electron chi connectivity index (χ1n) is 4.59. The number of aryl methyl sites for hydroxylation is 1. The Kier molecular flexibility index (Phi) is 3.02. The van der Waals surface area contributed by atoms with Gasteiger partial charge < -0.3 is 0 Å². The maximum absolute atomic E-state index is 11.0. The third-order valence-electron chi connectivity index (χ3n) is 2.15. The van der Waals surface area contributed by atoms with E-state index in [0.29, 0.717) is 5.82 Å². The Labute approximate surface area is 106 Å². The number of hydrogen-bond donors (Lipinski definition) is 2. The standard InChI is InChI=1S/C9H9BrN4O2S/c1-5-4-6(2-3-7(5)10)8-12-9(14-13-8)17(11,15)16/h2-4H,1H3,(H2,11,15,16)(H,12,13,14). The highest BCUT2D eigenvalue weighted by Crippen LogP contribution is 2.22. The van der Waals surface area contributed by atoms with Crippen molar-refractivity contribution in [3.05, 3.63) is 28.2 Å². The zero-order chi connectivity index (χ0) is 12.6. The molecule has 0 amide bonds. The van der Waals surface area contributed by atoms with Crippen molar-refractivity contribution in [1.82, 2.24) is 15.2 Å². The number of hydrogen-bond acceptors (Lipinski definition) is 4. The van der Waals surface area contributed by atoms with Gasteiger partial charge in [0, 0.05) is 10.0 Å². The molecule has 17 heavy (non-hydrogen) atoms. The number of aromatic amines is 1. The van der Waals surface area contributed by atoms with Gasteiger partial charge in [-0.1, -0.05) is 15.9 Å². The van der Waals surface area contributed by atoms with Gasteiger partial charge in [0.1, 0.15) is 0 Å². The van der Waals surface area contributed by atoms with Crippen LogP contribution in [0.1, 0.15) is 5.56 Å². The summed E-state index contributed by atoms with van der Waals surface area (Å²) in [5, 5.41) is 10.7. The van der Waals surface area contributed by atoms with Crippen LogP contribution in [0.2, 0.25) is 0 Å². The molecule has 0 aliphatic carbocycles. The summed E-state index contributed by atoms with van der Waals surface area (Å²) in [6.45, 7) is 1.92. The van der Waals surface area contributed by atoms with Gasteiger partial charge in [-0.15, -0.1) is 0 Å². The van der Waals surface area contributed by atoms with E-state index in [-0.39, 0.29) is 5.16 Å². The van der Waals surface area contributed by atoms with Crippen molar-refractivity contribution in [1.29, 1.82) is 0 Å². The zero-order valence-corrected chi connectivity index (χ0v) is 11.2. The van der Waals surface area contributed by atoms with Crippen LogP contribution in [0.3, 0.4) is 0 Å². The molecule has 0 spiro atoms. The van der Waals surface area contributed by atoms with Crippen molar-refractivity contribution in [2.75, 3.05) is 0 Å². The molecule has 0 unspecified atom stereocenters. The van der Waals surface area contributed by atoms with Gasteiger partial charge >= 0.3 is 0 Å². The van der Waals surface area contributed by atoms with Crippen molar-refractivity contribution in [2.24, 2.45) is 5.14 Å². The fourth-order valence-corrected chi connectivity index (χ4v) is 1.92. The number of rotatable bonds is 2. The second-order valence-corrected chi connectivity index (χ2v) is 5.80. The van der Waals surface area contributed by atoms with Crippen molar-refractivity contribution >= 4 is 26.0 Å². The number of nitrogens with two attached hydrogens (primary N) is 1. The van der Waals surface area contributed by atoms with Crippen LogP contribution in [-0.4, -0.2) is 23.6 Å². The van der Waals surface area contributed by atoms with Crippen LogP contribution in [-0.2, 0) is 10.0 Å². The van der Waals surface area contributed by atoms with Gasteiger partial charge in [-0.05, 0) is 30.7 Å². The third-order valence-corrected chi connectivity index (χ3v) is 3.76. The van der Waals surface area contributed by atoms with Gasteiger partial charge in [-0.3, -0.25) is 0 Å². The molecule has 0 saturated heterocycles. The van der Waals surface area contributed by atoms with E-state index in [1.807, 2.05) is 19.1 Å². The maximum atomic E-state index is 11.0. The molecule has 0 bridgehead atoms. The highest BCUT2D eigenvalue weighted by molar-refractivity contribution is 9.10. The lowest BCUT2D eigenvalue weighted by Gasteiger charge is -1.99. The summed E-state index contributed by atoms with van der Waals surface area (Å²) in [5.74, 6) is 0.296. The molecule has 6 nitrogen and oxygen atoms in total. The Morgan fingerprint density at radius 1 is 1.41 bits per heavy atom. The van der Waals surface area contributed by atoms with E-state index in [9.17, 15) is 8.42 Å². The molecule has 1 aromatic carbocycles. The van der Waals surface area contributed by atoms with E-state index in [0.717, 1.165) is 15.6 Å². The van der Waals surface area contributed by atoms with Crippen LogP contribution >= 0.6 is 15.9 Å². The van der Waals surface area contributed by atoms with Crippen LogP contribution in [0, 0.1) is 6.92 Å². The smallest absolute Gasteiger partial charge is 0.248 e. The fourth-order valence-electron chi connectivity index (χ4n) is 1.29. The van der Waals surface area contributed by atoms with Crippen LogP contribution in [0.25, 0.3) is 11.4 Å². The van der Waals surface area contributed by atoms with E-state index in [1.54, 1.807) is 6.07 Å². The van der Waals surface area contributed by atoms with Crippen LogP contribution in [0.4, 0.5) is 0 Å². The van der Waals surface area contributed by atoms with Crippen molar-refractivity contribution in [3.63, 3.8) is 0 Å². The first-order valence-corrected chi connectivity index (χ1v) is 6.93. The average Bonchev–Trinajstić information content (AvgIpc) is 2.70. The minimum absolute atomic E-state index is 0.296. The molecule has 0 saturated carbocycles. The van der Waals surface area contributed by atoms with E-state index >= 15 is 0 Å². The third kappa shape index (κ3) is 2.54. The Hall–Kier alpha value is -1.25. The largest absolute Gasteiger partial charge is 0.273 e. The van der Waals surface area contributed by atoms with Gasteiger partial charge in [-0.2, -0.15) is 10.1 Å². The normalized spacial score (nSPS) is 11.7. The molecule has 1 aromatic heterocycles. The molecule has 8 heteroatoms. The first kappa shape index (κ1) is 12.2. The molecule has 90 valence electrons. The van der Waals surface area contributed by atoms with Gasteiger partial charge in [-0.25, -0.2) is 18.7 Å². The highest BCUT2D eigenvalue weighted by atomic mass is 79.9. The average molecular weight is 317 g/mol. The van der Waals surface area contributed by atoms with Crippen molar-refractivity contribution in [3.8, 4) is 11.4 Å². The molecule has 2 rings (SSSR count). The molecule has 0 atom stereocenters. The Morgan fingerprint density at radius 3 is 2.65 bits per heavy atom. The van der Waals surface area contributed by atoms with Gasteiger partial charge in [0.15, 0.2) is 5.82 Å². The van der Waals surface area contributed by atoms with Gasteiger partial charge in [0.2, 0.25) is 0 Å². The Bertz CT molecular complexity index is 665. The summed E-state index contributed by atoms with van der Waals surface area (Å²) in [7, 11) is -3.85. The quantitative estimate of drug-likeness (QED) is 0.868. The number of halogens is 1. The number of nitrogens with zero attached hydrogens (tertiary/aromatic N) is 2. The van der Waals surface area contributed by atoms with Crippen molar-refractivity contribution in [2.45, 2.75) is 12.1 Å². The summed E-state index contributed by atoms with van der Waals surface area (Å²) in [6, 6.07) is 5.48. The lowest BCUT2D eigenvalue weighted by Crippen LogP contribution is -2.13. The minimum Gasteiger partial charge on any atom is -0.248 e. The predicted octanol–water partition coefficient (Wildman–Crippen LogP) is 1.19. The molecular weight excluding hydrogens is 308 g/mol. The van der Waals surface area contributed by atoms with E-state index in [2.05, 4.69) is 31.1 Å². The lowest BCUT2D eigenvalue weighted by molar-refractivity contribution is 0.589. The molecule has 1 heterocycles. The fraction of sp³-hybridized carbons (Fsp3) is 0.111. The summed E-state index contributed by atoms with van der Waals surface area (Å²) >= 11 is 3.37. The molecule has 2 aromatic rings. The summed E-state index contributed by atoms with van der Waals surface area (Å²) in [5.41, 5.74) is 1.72. The summed E-state index contributed by atoms with van der Waals surface area (Å²) < 4.78 is 23.0. The molecule has 0 radical (unpaired) electrons. The van der Waals surface area contributed by atoms with E-state index in [4.69, 9.17) is 5.14 Å². The Morgan fingerprint density at radius 2 is 2.12 bits per heavy atom. The summed E-state index contributed by atoms with van der Waals surface area (Å²) in [6.07, 6.45) is 0. The number of primary sulfonamides is 1. The number of H-pyrrole nitrogens is 1. The second kappa shape index (κ2) is 4.21. The number of aromatic nitrogens is 3. The van der Waals surface area contributed by atoms with Crippen LogP contribution < -0.4 is 5.14 Å². The number of sulfonamides is 1. The zero-order valence-electron chi connectivity index (χ0n) is 8.81. The number of nitrogens with one attached hydrogen (secondary N) is 1. The topological polar surface area (TPSA) is 102 Å². The van der Waals surface area contributed by atoms with Gasteiger partial charge in [0.05, 0.1) is 0 Å². The van der Waals surface area contributed by atoms with E-state index < -0.39 is 10.0 Å². The van der Waals surface area contributed by atoms with Crippen LogP contribution in [0.5, 0.6) is 0 Å². The second-order valence-electron chi connectivity index (χ2n) is 3.47. The Balaban J connectivity index is 2.47. The van der Waals surface area contributed by atoms with Gasteiger partial charge in [0.25, 0.3) is 15.2 Å². The molecular formula is C9H9BrN4O2S.